The van der Waals surface area contributed by atoms with Crippen LogP contribution in [0.5, 0.6) is 5.75 Å². The van der Waals surface area contributed by atoms with Crippen LogP contribution in [-0.2, 0) is 19.1 Å². The van der Waals surface area contributed by atoms with Crippen molar-refractivity contribution in [3.8, 4) is 17.1 Å². The van der Waals surface area contributed by atoms with Gasteiger partial charge >= 0.3 is 11.9 Å². The highest BCUT2D eigenvalue weighted by molar-refractivity contribution is 6.18. The second-order valence-electron chi connectivity index (χ2n) is 6.80. The summed E-state index contributed by atoms with van der Waals surface area (Å²) in [7, 11) is 1.43. The third-order valence-electron chi connectivity index (χ3n) is 4.94. The molecule has 1 aromatic carbocycles. The first-order valence-corrected chi connectivity index (χ1v) is 9.02. The van der Waals surface area contributed by atoms with Crippen molar-refractivity contribution >= 4 is 23.7 Å². The molecule has 2 aromatic rings. The SMILES string of the molecule is COc1ccc([N+](=O)[O-])cc1-c1ccc(C=C2C(=O)OC3(CCCC3)OC2=O)o1. The van der Waals surface area contributed by atoms with Crippen LogP contribution in [0.25, 0.3) is 17.4 Å². The third-order valence-corrected chi connectivity index (χ3v) is 4.94. The van der Waals surface area contributed by atoms with Gasteiger partial charge in [0, 0.05) is 31.1 Å². The summed E-state index contributed by atoms with van der Waals surface area (Å²) < 4.78 is 21.7. The number of nitro groups is 1. The summed E-state index contributed by atoms with van der Waals surface area (Å²) in [6.07, 6.45) is 3.88. The number of esters is 2. The molecule has 0 bridgehead atoms. The monoisotopic (exact) mass is 399 g/mol. The molecule has 2 aliphatic rings. The van der Waals surface area contributed by atoms with Crippen LogP contribution < -0.4 is 4.74 Å². The summed E-state index contributed by atoms with van der Waals surface area (Å²) in [5, 5.41) is 11.1. The highest BCUT2D eigenvalue weighted by Gasteiger charge is 2.48. The molecule has 29 heavy (non-hydrogen) atoms. The number of carbonyl (C=O) groups is 2. The highest BCUT2D eigenvalue weighted by Crippen LogP contribution is 2.39. The predicted octanol–water partition coefficient (Wildman–Crippen LogP) is 3.62. The Balaban J connectivity index is 1.63. The Labute approximate surface area is 165 Å². The molecule has 1 aromatic heterocycles. The Kier molecular flexibility index (Phi) is 4.57. The number of rotatable bonds is 4. The van der Waals surface area contributed by atoms with E-state index in [1.807, 2.05) is 0 Å². The molecule has 2 fully saturated rings. The van der Waals surface area contributed by atoms with Gasteiger partial charge in [0.05, 0.1) is 17.6 Å². The van der Waals surface area contributed by atoms with Gasteiger partial charge < -0.3 is 18.6 Å². The maximum absolute atomic E-state index is 12.3. The van der Waals surface area contributed by atoms with E-state index in [0.717, 1.165) is 12.8 Å². The van der Waals surface area contributed by atoms with Crippen LogP contribution in [0.4, 0.5) is 5.69 Å². The van der Waals surface area contributed by atoms with Crippen molar-refractivity contribution in [2.45, 2.75) is 31.5 Å². The molecule has 0 N–H and O–H groups in total. The van der Waals surface area contributed by atoms with Gasteiger partial charge in [-0.3, -0.25) is 10.1 Å². The number of hydrogen-bond donors (Lipinski definition) is 0. The molecule has 1 saturated heterocycles. The fourth-order valence-electron chi connectivity index (χ4n) is 3.51. The molecule has 0 atom stereocenters. The summed E-state index contributed by atoms with van der Waals surface area (Å²) in [6.45, 7) is 0. The molecule has 1 saturated carbocycles. The predicted molar refractivity (Wildman–Crippen MR) is 98.7 cm³/mol. The molecule has 1 spiro atoms. The normalized spacial score (nSPS) is 17.8. The van der Waals surface area contributed by atoms with Crippen molar-refractivity contribution in [3.05, 3.63) is 51.8 Å². The van der Waals surface area contributed by atoms with E-state index in [0.29, 0.717) is 24.2 Å². The van der Waals surface area contributed by atoms with Crippen LogP contribution in [-0.4, -0.2) is 29.8 Å². The average Bonchev–Trinajstić information content (AvgIpc) is 3.34. The molecule has 9 nitrogen and oxygen atoms in total. The number of nitrogens with zero attached hydrogens (tertiary/aromatic N) is 1. The van der Waals surface area contributed by atoms with E-state index < -0.39 is 22.6 Å². The van der Waals surface area contributed by atoms with E-state index in [1.165, 1.54) is 37.5 Å². The lowest BCUT2D eigenvalue weighted by Gasteiger charge is -2.32. The van der Waals surface area contributed by atoms with Gasteiger partial charge in [0.2, 0.25) is 0 Å². The van der Waals surface area contributed by atoms with E-state index in [-0.39, 0.29) is 22.8 Å². The van der Waals surface area contributed by atoms with Crippen molar-refractivity contribution in [2.75, 3.05) is 7.11 Å². The van der Waals surface area contributed by atoms with E-state index in [9.17, 15) is 19.7 Å². The lowest BCUT2D eigenvalue weighted by atomic mass is 10.1. The number of methoxy groups -OCH3 is 1. The maximum Gasteiger partial charge on any atom is 0.349 e. The summed E-state index contributed by atoms with van der Waals surface area (Å²) in [6, 6.07) is 7.20. The highest BCUT2D eigenvalue weighted by atomic mass is 16.7. The zero-order valence-electron chi connectivity index (χ0n) is 15.5. The minimum atomic E-state index is -1.14. The molecule has 0 amide bonds. The van der Waals surface area contributed by atoms with Crippen molar-refractivity contribution in [3.63, 3.8) is 0 Å². The molecule has 4 rings (SSSR count). The van der Waals surface area contributed by atoms with Crippen LogP contribution >= 0.6 is 0 Å². The fraction of sp³-hybridized carbons (Fsp3) is 0.300. The van der Waals surface area contributed by atoms with Gasteiger partial charge in [0.25, 0.3) is 11.5 Å². The van der Waals surface area contributed by atoms with E-state index >= 15 is 0 Å². The van der Waals surface area contributed by atoms with Gasteiger partial charge in [-0.15, -0.1) is 0 Å². The van der Waals surface area contributed by atoms with Crippen LogP contribution in [0, 0.1) is 10.1 Å². The number of benzene rings is 1. The molecule has 1 aliphatic carbocycles. The Morgan fingerprint density at radius 2 is 1.79 bits per heavy atom. The minimum absolute atomic E-state index is 0.126. The molecule has 0 unspecified atom stereocenters. The van der Waals surface area contributed by atoms with Gasteiger partial charge in [-0.05, 0) is 31.0 Å². The number of furan rings is 1. The summed E-state index contributed by atoms with van der Waals surface area (Å²) >= 11 is 0. The number of non-ortho nitro benzene ring substituents is 1. The molecule has 1 aliphatic heterocycles. The number of nitro benzene ring substituents is 1. The van der Waals surface area contributed by atoms with Gasteiger partial charge in [0.1, 0.15) is 22.8 Å². The van der Waals surface area contributed by atoms with Crippen LogP contribution in [0.2, 0.25) is 0 Å². The Bertz CT molecular complexity index is 1010. The molecular weight excluding hydrogens is 382 g/mol. The first-order chi connectivity index (χ1) is 13.9. The van der Waals surface area contributed by atoms with Crippen molar-refractivity contribution < 1.29 is 33.1 Å². The van der Waals surface area contributed by atoms with Gasteiger partial charge in [0.15, 0.2) is 0 Å². The Morgan fingerprint density at radius 3 is 2.41 bits per heavy atom. The van der Waals surface area contributed by atoms with E-state index in [2.05, 4.69) is 0 Å². The summed E-state index contributed by atoms with van der Waals surface area (Å²) in [4.78, 5) is 35.2. The fourth-order valence-corrected chi connectivity index (χ4v) is 3.51. The average molecular weight is 399 g/mol. The number of ether oxygens (including phenoxy) is 3. The Morgan fingerprint density at radius 1 is 1.10 bits per heavy atom. The quantitative estimate of drug-likeness (QED) is 0.251. The first-order valence-electron chi connectivity index (χ1n) is 9.02. The van der Waals surface area contributed by atoms with Gasteiger partial charge in [-0.1, -0.05) is 0 Å². The smallest absolute Gasteiger partial charge is 0.349 e. The maximum atomic E-state index is 12.3. The molecule has 2 heterocycles. The van der Waals surface area contributed by atoms with Crippen molar-refractivity contribution in [2.24, 2.45) is 0 Å². The molecule has 9 heteroatoms. The van der Waals surface area contributed by atoms with E-state index in [1.54, 1.807) is 6.07 Å². The summed E-state index contributed by atoms with van der Waals surface area (Å²) in [5.74, 6) is -1.80. The second kappa shape index (κ2) is 7.08. The standard InChI is InChI=1S/C20H17NO8/c1-26-16-6-4-12(21(24)25)10-14(16)17-7-5-13(27-17)11-15-18(22)28-20(29-19(15)23)8-2-3-9-20/h4-7,10-11H,2-3,8-9H2,1H3. The summed E-state index contributed by atoms with van der Waals surface area (Å²) in [5.41, 5.74) is -0.0297. The second-order valence-corrected chi connectivity index (χ2v) is 6.80. The lowest BCUT2D eigenvalue weighted by molar-refractivity contribution is -0.384. The zero-order valence-corrected chi connectivity index (χ0v) is 15.5. The van der Waals surface area contributed by atoms with Crippen LogP contribution in [0.3, 0.4) is 0 Å². The number of hydrogen-bond acceptors (Lipinski definition) is 8. The van der Waals surface area contributed by atoms with Crippen molar-refractivity contribution in [1.29, 1.82) is 0 Å². The van der Waals surface area contributed by atoms with Crippen LogP contribution in [0.1, 0.15) is 31.4 Å². The molecular formula is C20H17NO8. The third kappa shape index (κ3) is 3.46. The van der Waals surface area contributed by atoms with Crippen molar-refractivity contribution in [1.82, 2.24) is 0 Å². The topological polar surface area (TPSA) is 118 Å². The first kappa shape index (κ1) is 18.7. The lowest BCUT2D eigenvalue weighted by Crippen LogP contribution is -2.44. The Hall–Kier alpha value is -3.62. The van der Waals surface area contributed by atoms with Gasteiger partial charge in [-0.25, -0.2) is 9.59 Å². The largest absolute Gasteiger partial charge is 0.496 e. The minimum Gasteiger partial charge on any atom is -0.496 e. The van der Waals surface area contributed by atoms with E-state index in [4.69, 9.17) is 18.6 Å². The molecule has 150 valence electrons. The van der Waals surface area contributed by atoms with Crippen LogP contribution in [0.15, 0.2) is 40.3 Å². The molecule has 0 radical (unpaired) electrons. The number of carbonyl (C=O) groups excluding carboxylic acids is 2. The zero-order chi connectivity index (χ0) is 20.6. The van der Waals surface area contributed by atoms with Gasteiger partial charge in [-0.2, -0.15) is 0 Å².